The molecule has 2 heterocycles. The molecule has 0 bridgehead atoms. The third kappa shape index (κ3) is 0.973. The fourth-order valence-electron chi connectivity index (χ4n) is 1.09. The van der Waals surface area contributed by atoms with Crippen molar-refractivity contribution in [3.63, 3.8) is 0 Å². The van der Waals surface area contributed by atoms with Gasteiger partial charge in [-0.05, 0) is 13.0 Å². The van der Waals surface area contributed by atoms with Crippen molar-refractivity contribution in [2.45, 2.75) is 6.92 Å². The maximum Gasteiger partial charge on any atom is 0.199 e. The molecule has 2 rings (SSSR count). The predicted molar refractivity (Wildman–Crippen MR) is 47.2 cm³/mol. The molecule has 0 aliphatic carbocycles. The van der Waals surface area contributed by atoms with Crippen molar-refractivity contribution in [2.75, 3.05) is 0 Å². The van der Waals surface area contributed by atoms with Gasteiger partial charge in [0.15, 0.2) is 5.43 Å². The van der Waals surface area contributed by atoms with Gasteiger partial charge in [0.1, 0.15) is 0 Å². The van der Waals surface area contributed by atoms with E-state index in [0.29, 0.717) is 0 Å². The maximum absolute atomic E-state index is 11.2. The van der Waals surface area contributed by atoms with Gasteiger partial charge in [0, 0.05) is 17.1 Å². The minimum atomic E-state index is 0.108. The molecule has 2 aromatic heterocycles. The first-order chi connectivity index (χ1) is 5.27. The van der Waals surface area contributed by atoms with Crippen LogP contribution in [0, 0.1) is 6.92 Å². The standard InChI is InChI=1S/C8H7NOS/c1-5-4-6-8(11-5)7(10)2-3-9-6/h2-4H,1H3,(H,9,10). The minimum absolute atomic E-state index is 0.108. The highest BCUT2D eigenvalue weighted by Gasteiger charge is 1.99. The Balaban J connectivity index is 3.02. The Morgan fingerprint density at radius 1 is 1.55 bits per heavy atom. The number of aromatic nitrogens is 1. The van der Waals surface area contributed by atoms with Crippen LogP contribution in [0.4, 0.5) is 0 Å². The zero-order chi connectivity index (χ0) is 7.84. The molecule has 0 atom stereocenters. The van der Waals surface area contributed by atoms with E-state index in [1.165, 1.54) is 16.2 Å². The lowest BCUT2D eigenvalue weighted by Crippen LogP contribution is -1.95. The van der Waals surface area contributed by atoms with Crippen molar-refractivity contribution in [3.8, 4) is 0 Å². The number of fused-ring (bicyclic) bond motifs is 1. The number of hydrogen-bond acceptors (Lipinski definition) is 2. The number of aryl methyl sites for hydroxylation is 1. The van der Waals surface area contributed by atoms with Gasteiger partial charge in [-0.25, -0.2) is 0 Å². The summed E-state index contributed by atoms with van der Waals surface area (Å²) in [5.41, 5.74) is 1.05. The van der Waals surface area contributed by atoms with E-state index < -0.39 is 0 Å². The minimum Gasteiger partial charge on any atom is -0.360 e. The van der Waals surface area contributed by atoms with Crippen molar-refractivity contribution in [2.24, 2.45) is 0 Å². The monoisotopic (exact) mass is 165 g/mol. The molecule has 0 amide bonds. The Hall–Kier alpha value is -1.09. The first-order valence-corrected chi connectivity index (χ1v) is 4.17. The second-order valence-electron chi connectivity index (χ2n) is 2.44. The number of aromatic amines is 1. The number of hydrogen-bond donors (Lipinski definition) is 1. The topological polar surface area (TPSA) is 32.9 Å². The average molecular weight is 165 g/mol. The number of thiophene rings is 1. The average Bonchev–Trinajstić information content (AvgIpc) is 2.31. The smallest absolute Gasteiger partial charge is 0.199 e. The lowest BCUT2D eigenvalue weighted by Gasteiger charge is -1.83. The third-order valence-electron chi connectivity index (χ3n) is 1.55. The van der Waals surface area contributed by atoms with Gasteiger partial charge in [-0.1, -0.05) is 0 Å². The van der Waals surface area contributed by atoms with Gasteiger partial charge in [0.25, 0.3) is 0 Å². The molecule has 1 N–H and O–H groups in total. The number of pyridine rings is 1. The van der Waals surface area contributed by atoms with Crippen LogP contribution in [-0.4, -0.2) is 4.98 Å². The van der Waals surface area contributed by atoms with Crippen molar-refractivity contribution in [1.29, 1.82) is 0 Å². The number of nitrogens with one attached hydrogen (secondary N) is 1. The first-order valence-electron chi connectivity index (χ1n) is 3.35. The van der Waals surface area contributed by atoms with Crippen LogP contribution in [0.25, 0.3) is 10.2 Å². The van der Waals surface area contributed by atoms with Crippen LogP contribution >= 0.6 is 11.3 Å². The fourth-order valence-corrected chi connectivity index (χ4v) is 1.98. The molecule has 3 heteroatoms. The summed E-state index contributed by atoms with van der Waals surface area (Å²) in [6.07, 6.45) is 1.68. The van der Waals surface area contributed by atoms with Gasteiger partial charge >= 0.3 is 0 Å². The van der Waals surface area contributed by atoms with E-state index >= 15 is 0 Å². The molecule has 0 saturated carbocycles. The molecule has 0 unspecified atom stereocenters. The summed E-state index contributed by atoms with van der Waals surface area (Å²) in [6, 6.07) is 3.54. The zero-order valence-electron chi connectivity index (χ0n) is 6.05. The number of H-pyrrole nitrogens is 1. The predicted octanol–water partition coefficient (Wildman–Crippen LogP) is 1.90. The molecule has 56 valence electrons. The Labute approximate surface area is 67.5 Å². The van der Waals surface area contributed by atoms with Crippen molar-refractivity contribution in [3.05, 3.63) is 33.4 Å². The molecular weight excluding hydrogens is 158 g/mol. The summed E-state index contributed by atoms with van der Waals surface area (Å²) in [5.74, 6) is 0. The van der Waals surface area contributed by atoms with E-state index in [2.05, 4.69) is 4.98 Å². The Morgan fingerprint density at radius 2 is 2.36 bits per heavy atom. The summed E-state index contributed by atoms with van der Waals surface area (Å²) >= 11 is 1.53. The van der Waals surface area contributed by atoms with Gasteiger partial charge in [-0.15, -0.1) is 11.3 Å². The van der Waals surface area contributed by atoms with Gasteiger partial charge in [0.05, 0.1) is 10.2 Å². The number of rotatable bonds is 0. The quantitative estimate of drug-likeness (QED) is 0.635. The van der Waals surface area contributed by atoms with Crippen molar-refractivity contribution >= 4 is 21.6 Å². The molecule has 0 saturated heterocycles. The molecule has 0 aromatic carbocycles. The molecule has 0 fully saturated rings. The van der Waals surface area contributed by atoms with Crippen LogP contribution in [0.3, 0.4) is 0 Å². The molecular formula is C8H7NOS. The Kier molecular flexibility index (Phi) is 1.32. The van der Waals surface area contributed by atoms with Crippen LogP contribution in [0.1, 0.15) is 4.88 Å². The SMILES string of the molecule is Cc1cc2[nH]ccc(=O)c2s1. The van der Waals surface area contributed by atoms with E-state index in [9.17, 15) is 4.79 Å². The van der Waals surface area contributed by atoms with Gasteiger partial charge in [-0.3, -0.25) is 4.79 Å². The van der Waals surface area contributed by atoms with Crippen LogP contribution in [0.15, 0.2) is 23.1 Å². The molecule has 0 spiro atoms. The van der Waals surface area contributed by atoms with Crippen LogP contribution in [-0.2, 0) is 0 Å². The van der Waals surface area contributed by atoms with E-state index in [-0.39, 0.29) is 5.43 Å². The molecule has 0 radical (unpaired) electrons. The second kappa shape index (κ2) is 2.20. The van der Waals surface area contributed by atoms with E-state index in [1.807, 2.05) is 13.0 Å². The zero-order valence-corrected chi connectivity index (χ0v) is 6.87. The largest absolute Gasteiger partial charge is 0.360 e. The van der Waals surface area contributed by atoms with E-state index in [0.717, 1.165) is 10.2 Å². The molecule has 2 nitrogen and oxygen atoms in total. The highest BCUT2D eigenvalue weighted by atomic mass is 32.1. The molecule has 2 aromatic rings. The maximum atomic E-state index is 11.2. The summed E-state index contributed by atoms with van der Waals surface area (Å²) in [4.78, 5) is 15.4. The molecule has 0 aliphatic rings. The molecule has 11 heavy (non-hydrogen) atoms. The normalized spacial score (nSPS) is 10.6. The van der Waals surface area contributed by atoms with E-state index in [4.69, 9.17) is 0 Å². The fraction of sp³-hybridized carbons (Fsp3) is 0.125. The molecule has 0 aliphatic heterocycles. The van der Waals surface area contributed by atoms with Crippen molar-refractivity contribution < 1.29 is 0 Å². The first kappa shape index (κ1) is 6.61. The van der Waals surface area contributed by atoms with Gasteiger partial charge in [-0.2, -0.15) is 0 Å². The van der Waals surface area contributed by atoms with Crippen LogP contribution < -0.4 is 5.43 Å². The lowest BCUT2D eigenvalue weighted by molar-refractivity contribution is 1.40. The van der Waals surface area contributed by atoms with Gasteiger partial charge in [0.2, 0.25) is 0 Å². The summed E-state index contributed by atoms with van der Waals surface area (Å²) in [7, 11) is 0. The van der Waals surface area contributed by atoms with Gasteiger partial charge < -0.3 is 4.98 Å². The van der Waals surface area contributed by atoms with Crippen LogP contribution in [0.2, 0.25) is 0 Å². The highest BCUT2D eigenvalue weighted by molar-refractivity contribution is 7.18. The summed E-state index contributed by atoms with van der Waals surface area (Å²) < 4.78 is 0.824. The summed E-state index contributed by atoms with van der Waals surface area (Å²) in [6.45, 7) is 2.00. The van der Waals surface area contributed by atoms with Crippen LogP contribution in [0.5, 0.6) is 0 Å². The third-order valence-corrected chi connectivity index (χ3v) is 2.62. The second-order valence-corrected chi connectivity index (χ2v) is 3.70. The van der Waals surface area contributed by atoms with Crippen molar-refractivity contribution in [1.82, 2.24) is 4.98 Å². The lowest BCUT2D eigenvalue weighted by atomic mass is 10.4. The Morgan fingerprint density at radius 3 is 3.09 bits per heavy atom. The Bertz CT molecular complexity index is 441. The summed E-state index contributed by atoms with van der Waals surface area (Å²) in [5, 5.41) is 0. The highest BCUT2D eigenvalue weighted by Crippen LogP contribution is 2.18. The van der Waals surface area contributed by atoms with E-state index in [1.54, 1.807) is 12.3 Å².